The van der Waals surface area contributed by atoms with Crippen LogP contribution in [0.4, 0.5) is 0 Å². The molecule has 4 aromatic rings. The van der Waals surface area contributed by atoms with Crippen molar-refractivity contribution in [1.82, 2.24) is 29.9 Å². The van der Waals surface area contributed by atoms with Gasteiger partial charge in [-0.2, -0.15) is 9.46 Å². The summed E-state index contributed by atoms with van der Waals surface area (Å²) in [6.07, 6.45) is 10.4. The molecule has 0 fully saturated rings. The van der Waals surface area contributed by atoms with Gasteiger partial charge in [0, 0.05) is 24.8 Å². The van der Waals surface area contributed by atoms with E-state index in [0.29, 0.717) is 20.8 Å². The van der Waals surface area contributed by atoms with E-state index < -0.39 is 39.9 Å². The molecule has 0 aliphatic carbocycles. The molecule has 0 unspecified atom stereocenters. The summed E-state index contributed by atoms with van der Waals surface area (Å²) in [5.41, 5.74) is 1.11. The minimum atomic E-state index is -3.91. The van der Waals surface area contributed by atoms with E-state index in [1.54, 1.807) is 13.8 Å². The monoisotopic (exact) mass is 684 g/mol. The zero-order valence-corrected chi connectivity index (χ0v) is 27.7. The fourth-order valence-electron chi connectivity index (χ4n) is 3.85. The minimum absolute atomic E-state index is 0.0479. The second-order valence-corrected chi connectivity index (χ2v) is 16.0. The maximum absolute atomic E-state index is 12.6. The number of hydrogen-bond donors (Lipinski definition) is 0. The van der Waals surface area contributed by atoms with Gasteiger partial charge in [0.2, 0.25) is 53.8 Å². The molecule has 0 radical (unpaired) electrons. The fraction of sp³-hybridized carbons (Fsp3) is 0.385. The van der Waals surface area contributed by atoms with Crippen molar-refractivity contribution in [3.63, 3.8) is 0 Å². The predicted molar refractivity (Wildman–Crippen MR) is 160 cm³/mol. The Labute approximate surface area is 265 Å². The SMILES string of the molecule is Cc1c[n+]([O-])c([C@@](C)(Cl)[C@@H](C)S(=O)(=O)c2ncccn2)cn1.Cc1c[n+]([O-])c([C@](C)(Cl)[C@H](C)S(=O)(=O)c2ncccn2)cn1. The van der Waals surface area contributed by atoms with E-state index >= 15 is 0 Å². The molecular weight excluding hydrogens is 655 g/mol. The lowest BCUT2D eigenvalue weighted by Gasteiger charge is -2.26. The van der Waals surface area contributed by atoms with Crippen molar-refractivity contribution < 1.29 is 26.3 Å². The summed E-state index contributed by atoms with van der Waals surface area (Å²) in [6.45, 7) is 9.06. The maximum Gasteiger partial charge on any atom is 0.247 e. The third-order valence-corrected chi connectivity index (χ3v) is 12.5. The Hall–Kier alpha value is -3.60. The molecule has 0 amide bonds. The molecule has 14 nitrogen and oxygen atoms in total. The molecular formula is C26H30Cl2N8O6S2. The molecule has 18 heteroatoms. The molecule has 4 aromatic heterocycles. The highest BCUT2D eigenvalue weighted by Gasteiger charge is 2.47. The summed E-state index contributed by atoms with van der Waals surface area (Å²) >= 11 is 12.8. The smallest absolute Gasteiger partial charge is 0.247 e. The third kappa shape index (κ3) is 7.20. The summed E-state index contributed by atoms with van der Waals surface area (Å²) < 4.78 is 51.4. The van der Waals surface area contributed by atoms with Gasteiger partial charge in [-0.3, -0.25) is 0 Å². The molecule has 0 saturated heterocycles. The van der Waals surface area contributed by atoms with E-state index in [4.69, 9.17) is 23.2 Å². The number of aromatic nitrogens is 8. The molecule has 0 aliphatic heterocycles. The highest BCUT2D eigenvalue weighted by atomic mass is 35.5. The lowest BCUT2D eigenvalue weighted by Crippen LogP contribution is -2.46. The van der Waals surface area contributed by atoms with Gasteiger partial charge in [-0.05, 0) is 53.7 Å². The number of halogens is 2. The van der Waals surface area contributed by atoms with Crippen LogP contribution in [0.3, 0.4) is 0 Å². The van der Waals surface area contributed by atoms with Gasteiger partial charge < -0.3 is 10.4 Å². The van der Waals surface area contributed by atoms with Crippen molar-refractivity contribution in [3.8, 4) is 0 Å². The first-order valence-corrected chi connectivity index (χ1v) is 16.7. The summed E-state index contributed by atoms with van der Waals surface area (Å²) in [7, 11) is -7.81. The van der Waals surface area contributed by atoms with E-state index in [1.165, 1.54) is 89.4 Å². The second kappa shape index (κ2) is 13.2. The lowest BCUT2D eigenvalue weighted by molar-refractivity contribution is -0.617. The van der Waals surface area contributed by atoms with Crippen molar-refractivity contribution >= 4 is 42.9 Å². The Morgan fingerprint density at radius 1 is 0.659 bits per heavy atom. The van der Waals surface area contributed by atoms with Crippen LogP contribution in [0, 0.1) is 24.3 Å². The van der Waals surface area contributed by atoms with Crippen LogP contribution >= 0.6 is 23.2 Å². The molecule has 4 atom stereocenters. The minimum Gasteiger partial charge on any atom is -0.618 e. The Balaban J connectivity index is 0.000000240. The summed E-state index contributed by atoms with van der Waals surface area (Å²) in [6, 6.07) is 3.03. The van der Waals surface area contributed by atoms with E-state index in [0.717, 1.165) is 0 Å². The average Bonchev–Trinajstić information content (AvgIpc) is 2.97. The van der Waals surface area contributed by atoms with Gasteiger partial charge in [-0.25, -0.2) is 46.7 Å². The Morgan fingerprint density at radius 2 is 0.955 bits per heavy atom. The van der Waals surface area contributed by atoms with Crippen LogP contribution in [0.5, 0.6) is 0 Å². The molecule has 0 N–H and O–H groups in total. The quantitative estimate of drug-likeness (QED) is 0.114. The van der Waals surface area contributed by atoms with E-state index in [9.17, 15) is 27.3 Å². The van der Waals surface area contributed by atoms with Crippen molar-refractivity contribution in [1.29, 1.82) is 0 Å². The largest absolute Gasteiger partial charge is 0.618 e. The highest BCUT2D eigenvalue weighted by molar-refractivity contribution is 7.92. The Bertz CT molecular complexity index is 1700. The normalized spacial score (nSPS) is 16.0. The molecule has 0 bridgehead atoms. The summed E-state index contributed by atoms with van der Waals surface area (Å²) in [5.74, 6) is 0. The highest BCUT2D eigenvalue weighted by Crippen LogP contribution is 2.36. The molecule has 4 heterocycles. The topological polar surface area (TPSA) is 199 Å². The number of hydrogen-bond acceptors (Lipinski definition) is 12. The van der Waals surface area contributed by atoms with Crippen molar-refractivity contribution in [3.05, 3.63) is 94.9 Å². The maximum atomic E-state index is 12.6. The number of rotatable bonds is 8. The molecule has 44 heavy (non-hydrogen) atoms. The Kier molecular flexibility index (Phi) is 10.4. The lowest BCUT2D eigenvalue weighted by atomic mass is 10.0. The van der Waals surface area contributed by atoms with Gasteiger partial charge in [0.1, 0.15) is 21.1 Å². The van der Waals surface area contributed by atoms with Crippen LogP contribution in [0.2, 0.25) is 0 Å². The molecule has 236 valence electrons. The molecule has 0 aliphatic rings. The van der Waals surface area contributed by atoms with E-state index in [-0.39, 0.29) is 21.7 Å². The third-order valence-electron chi connectivity index (χ3n) is 6.92. The van der Waals surface area contributed by atoms with Crippen LogP contribution in [0.15, 0.2) is 72.0 Å². The van der Waals surface area contributed by atoms with Crippen molar-refractivity contribution in [2.75, 3.05) is 0 Å². The first kappa shape index (κ1) is 34.9. The zero-order chi connectivity index (χ0) is 33.1. The zero-order valence-electron chi connectivity index (χ0n) is 24.5. The van der Waals surface area contributed by atoms with E-state index in [2.05, 4.69) is 29.9 Å². The van der Waals surface area contributed by atoms with Crippen LogP contribution in [-0.2, 0) is 29.4 Å². The Morgan fingerprint density at radius 3 is 1.23 bits per heavy atom. The standard InChI is InChI=1S/2C13H15ClN4O3S/c2*1-9-8-18(19)11(7-17-9)13(3,14)10(2)22(20,21)12-15-5-4-6-16-12/h2*4-8,10H,1-3H3/t2*10-,13+/m10/s1. The summed E-state index contributed by atoms with van der Waals surface area (Å²) in [4.78, 5) is 20.1. The van der Waals surface area contributed by atoms with Crippen LogP contribution in [0.25, 0.3) is 0 Å². The molecule has 0 spiro atoms. The average molecular weight is 686 g/mol. The molecule has 0 aromatic carbocycles. The van der Waals surface area contributed by atoms with Crippen molar-refractivity contribution in [2.24, 2.45) is 0 Å². The molecule has 4 rings (SSSR count). The van der Waals surface area contributed by atoms with Gasteiger partial charge >= 0.3 is 0 Å². The first-order chi connectivity index (χ1) is 20.3. The number of sulfone groups is 2. The first-order valence-electron chi connectivity index (χ1n) is 12.9. The van der Waals surface area contributed by atoms with E-state index in [1.807, 2.05) is 0 Å². The van der Waals surface area contributed by atoms with Gasteiger partial charge in [0.05, 0.1) is 22.9 Å². The van der Waals surface area contributed by atoms with Gasteiger partial charge in [0.25, 0.3) is 0 Å². The van der Waals surface area contributed by atoms with Crippen molar-refractivity contribution in [2.45, 2.75) is 72.1 Å². The number of alkyl halides is 2. The fourth-order valence-corrected chi connectivity index (χ4v) is 7.69. The van der Waals surface area contributed by atoms with Crippen LogP contribution < -0.4 is 9.46 Å². The predicted octanol–water partition coefficient (Wildman–Crippen LogP) is 2.26. The van der Waals surface area contributed by atoms with Crippen LogP contribution in [-0.4, -0.2) is 57.2 Å². The second-order valence-electron chi connectivity index (χ2n) is 10.1. The molecule has 0 saturated carbocycles. The van der Waals surface area contributed by atoms with Gasteiger partial charge in [0.15, 0.2) is 0 Å². The van der Waals surface area contributed by atoms with Gasteiger partial charge in [-0.15, -0.1) is 23.2 Å². The number of nitrogens with zero attached hydrogens (tertiary/aromatic N) is 8. The summed E-state index contributed by atoms with van der Waals surface area (Å²) in [5, 5.41) is 21.1. The number of aryl methyl sites for hydroxylation is 2. The van der Waals surface area contributed by atoms with Gasteiger partial charge in [-0.1, -0.05) is 0 Å². The van der Waals surface area contributed by atoms with Crippen LogP contribution in [0.1, 0.15) is 50.5 Å².